The van der Waals surface area contributed by atoms with Crippen LogP contribution < -0.4 is 10.2 Å². The van der Waals surface area contributed by atoms with E-state index in [0.717, 1.165) is 11.3 Å². The Kier molecular flexibility index (Phi) is 2.78. The number of nitrogens with one attached hydrogen (secondary N) is 1. The highest BCUT2D eigenvalue weighted by Crippen LogP contribution is 2.32. The third-order valence-corrected chi connectivity index (χ3v) is 3.63. The van der Waals surface area contributed by atoms with Gasteiger partial charge in [0, 0.05) is 6.54 Å². The standard InChI is InChI=1S/C14H16N2O3/c1-14(8-19-14)13(17)12-11(7-15-16-12)9-3-5-10(18-2)6-4-9/h3-6,11,15H,7-8H2,1-2H3/t11-,14-/m0/s1. The highest BCUT2D eigenvalue weighted by Gasteiger charge is 2.51. The van der Waals surface area contributed by atoms with Crippen LogP contribution in [0.1, 0.15) is 18.4 Å². The molecule has 0 saturated carbocycles. The number of nitrogens with zero attached hydrogens (tertiary/aromatic N) is 1. The molecule has 1 fully saturated rings. The molecule has 3 rings (SSSR count). The van der Waals surface area contributed by atoms with E-state index < -0.39 is 5.60 Å². The quantitative estimate of drug-likeness (QED) is 0.823. The third-order valence-electron chi connectivity index (χ3n) is 3.63. The molecule has 0 unspecified atom stereocenters. The zero-order chi connectivity index (χ0) is 13.5. The lowest BCUT2D eigenvalue weighted by molar-refractivity contribution is -0.117. The molecule has 100 valence electrons. The molecule has 2 aliphatic rings. The van der Waals surface area contributed by atoms with Gasteiger partial charge < -0.3 is 14.9 Å². The molecule has 1 aromatic carbocycles. The minimum atomic E-state index is -0.657. The number of ketones is 1. The van der Waals surface area contributed by atoms with Crippen molar-refractivity contribution in [1.29, 1.82) is 0 Å². The number of hydrogen-bond acceptors (Lipinski definition) is 5. The number of ether oxygens (including phenoxy) is 2. The van der Waals surface area contributed by atoms with Crippen molar-refractivity contribution in [1.82, 2.24) is 5.43 Å². The first-order valence-corrected chi connectivity index (χ1v) is 6.27. The summed E-state index contributed by atoms with van der Waals surface area (Å²) in [7, 11) is 1.63. The zero-order valence-electron chi connectivity index (χ0n) is 11.0. The van der Waals surface area contributed by atoms with Gasteiger partial charge in [0.05, 0.1) is 19.6 Å². The van der Waals surface area contributed by atoms with Crippen molar-refractivity contribution in [3.63, 3.8) is 0 Å². The smallest absolute Gasteiger partial charge is 0.213 e. The second-order valence-electron chi connectivity index (χ2n) is 5.03. The Hall–Kier alpha value is -1.88. The number of Topliss-reactive ketones (excluding diaryl/α,β-unsaturated/α-hetero) is 1. The fourth-order valence-corrected chi connectivity index (χ4v) is 2.23. The Labute approximate surface area is 111 Å². The van der Waals surface area contributed by atoms with Gasteiger partial charge in [-0.05, 0) is 24.6 Å². The van der Waals surface area contributed by atoms with Crippen molar-refractivity contribution in [2.45, 2.75) is 18.4 Å². The molecule has 0 bridgehead atoms. The zero-order valence-corrected chi connectivity index (χ0v) is 11.0. The molecule has 1 aromatic rings. The number of hydrogen-bond donors (Lipinski definition) is 1. The van der Waals surface area contributed by atoms with E-state index in [1.54, 1.807) is 14.0 Å². The van der Waals surface area contributed by atoms with Crippen LogP contribution in [-0.4, -0.2) is 37.4 Å². The van der Waals surface area contributed by atoms with E-state index >= 15 is 0 Å². The van der Waals surface area contributed by atoms with E-state index in [4.69, 9.17) is 9.47 Å². The first-order chi connectivity index (χ1) is 9.14. The van der Waals surface area contributed by atoms with Gasteiger partial charge in [-0.15, -0.1) is 0 Å². The molecule has 0 radical (unpaired) electrons. The van der Waals surface area contributed by atoms with Crippen molar-refractivity contribution < 1.29 is 14.3 Å². The minimum absolute atomic E-state index is 0.0144. The minimum Gasteiger partial charge on any atom is -0.497 e. The first-order valence-electron chi connectivity index (χ1n) is 6.27. The molecule has 0 aliphatic carbocycles. The molecule has 1 N–H and O–H groups in total. The lowest BCUT2D eigenvalue weighted by Gasteiger charge is -2.13. The Balaban J connectivity index is 1.83. The van der Waals surface area contributed by atoms with Crippen LogP contribution in [0.4, 0.5) is 0 Å². The van der Waals surface area contributed by atoms with Crippen LogP contribution >= 0.6 is 0 Å². The average molecular weight is 260 g/mol. The highest BCUT2D eigenvalue weighted by molar-refractivity contribution is 6.45. The molecule has 0 aromatic heterocycles. The summed E-state index contributed by atoms with van der Waals surface area (Å²) in [4.78, 5) is 12.3. The third kappa shape index (κ3) is 2.10. The van der Waals surface area contributed by atoms with Crippen molar-refractivity contribution in [3.8, 4) is 5.75 Å². The summed E-state index contributed by atoms with van der Waals surface area (Å²) in [6, 6.07) is 7.72. The molecule has 1 saturated heterocycles. The van der Waals surface area contributed by atoms with E-state index in [9.17, 15) is 4.79 Å². The molecule has 2 atom stereocenters. The van der Waals surface area contributed by atoms with Crippen molar-refractivity contribution in [2.24, 2.45) is 5.10 Å². The molecule has 0 amide bonds. The average Bonchev–Trinajstić information content (AvgIpc) is 3.02. The van der Waals surface area contributed by atoms with E-state index in [2.05, 4.69) is 10.5 Å². The van der Waals surface area contributed by atoms with Crippen molar-refractivity contribution in [3.05, 3.63) is 29.8 Å². The normalized spacial score (nSPS) is 28.5. The summed E-state index contributed by atoms with van der Waals surface area (Å²) >= 11 is 0. The van der Waals surface area contributed by atoms with Crippen LogP contribution in [-0.2, 0) is 9.53 Å². The van der Waals surface area contributed by atoms with Crippen LogP contribution in [0.25, 0.3) is 0 Å². The maximum atomic E-state index is 12.3. The number of rotatable bonds is 4. The largest absolute Gasteiger partial charge is 0.497 e. The SMILES string of the molecule is COc1ccc([C@@H]2CNN=C2C(=O)[C@]2(C)CO2)cc1. The van der Waals surface area contributed by atoms with E-state index in [0.29, 0.717) is 18.9 Å². The van der Waals surface area contributed by atoms with Gasteiger partial charge in [0.15, 0.2) is 5.60 Å². The Morgan fingerprint density at radius 3 is 2.74 bits per heavy atom. The molecular weight excluding hydrogens is 244 g/mol. The molecule has 5 nitrogen and oxygen atoms in total. The van der Waals surface area contributed by atoms with Crippen LogP contribution in [0.5, 0.6) is 5.75 Å². The van der Waals surface area contributed by atoms with Gasteiger partial charge in [0.1, 0.15) is 11.5 Å². The van der Waals surface area contributed by atoms with Gasteiger partial charge in [0.2, 0.25) is 5.78 Å². The number of epoxide rings is 1. The van der Waals surface area contributed by atoms with Crippen LogP contribution in [0.3, 0.4) is 0 Å². The first kappa shape index (κ1) is 12.2. The summed E-state index contributed by atoms with van der Waals surface area (Å²) in [6.45, 7) is 2.94. The second-order valence-corrected chi connectivity index (χ2v) is 5.03. The predicted molar refractivity (Wildman–Crippen MR) is 70.5 cm³/mol. The summed E-state index contributed by atoms with van der Waals surface area (Å²) < 4.78 is 10.4. The van der Waals surface area contributed by atoms with Crippen LogP contribution in [0.15, 0.2) is 29.4 Å². The number of methoxy groups -OCH3 is 1. The highest BCUT2D eigenvalue weighted by atomic mass is 16.6. The van der Waals surface area contributed by atoms with Crippen molar-refractivity contribution in [2.75, 3.05) is 20.3 Å². The van der Waals surface area contributed by atoms with E-state index in [1.807, 2.05) is 24.3 Å². The van der Waals surface area contributed by atoms with Crippen LogP contribution in [0.2, 0.25) is 0 Å². The molecular formula is C14H16N2O3. The van der Waals surface area contributed by atoms with Gasteiger partial charge >= 0.3 is 0 Å². The topological polar surface area (TPSA) is 63.2 Å². The van der Waals surface area contributed by atoms with Crippen molar-refractivity contribution >= 4 is 11.5 Å². The number of carbonyl (C=O) groups is 1. The summed E-state index contributed by atoms with van der Waals surface area (Å²) in [5, 5.41) is 4.15. The summed E-state index contributed by atoms with van der Waals surface area (Å²) in [5.74, 6) is 0.773. The monoisotopic (exact) mass is 260 g/mol. The van der Waals surface area contributed by atoms with E-state index in [1.165, 1.54) is 0 Å². The molecule has 19 heavy (non-hydrogen) atoms. The van der Waals surface area contributed by atoms with Gasteiger partial charge in [-0.3, -0.25) is 4.79 Å². The van der Waals surface area contributed by atoms with Gasteiger partial charge in [0.25, 0.3) is 0 Å². The van der Waals surface area contributed by atoms with Crippen LogP contribution in [0, 0.1) is 0 Å². The van der Waals surface area contributed by atoms with E-state index in [-0.39, 0.29) is 11.7 Å². The van der Waals surface area contributed by atoms with Gasteiger partial charge in [-0.2, -0.15) is 5.10 Å². The second kappa shape index (κ2) is 4.35. The number of carbonyl (C=O) groups excluding carboxylic acids is 1. The fraction of sp³-hybridized carbons (Fsp3) is 0.429. The Morgan fingerprint density at radius 2 is 2.16 bits per heavy atom. The Bertz CT molecular complexity index is 532. The van der Waals surface area contributed by atoms with Gasteiger partial charge in [-0.1, -0.05) is 12.1 Å². The molecule has 2 aliphatic heterocycles. The number of hydrazone groups is 1. The fourth-order valence-electron chi connectivity index (χ4n) is 2.23. The molecule has 2 heterocycles. The maximum Gasteiger partial charge on any atom is 0.213 e. The summed E-state index contributed by atoms with van der Waals surface area (Å²) in [5.41, 5.74) is 3.87. The molecule has 5 heteroatoms. The lowest BCUT2D eigenvalue weighted by Crippen LogP contribution is -2.32. The number of benzene rings is 1. The predicted octanol–water partition coefficient (Wildman–Crippen LogP) is 1.10. The van der Waals surface area contributed by atoms with Gasteiger partial charge in [-0.25, -0.2) is 0 Å². The summed E-state index contributed by atoms with van der Waals surface area (Å²) in [6.07, 6.45) is 0. The lowest BCUT2D eigenvalue weighted by atomic mass is 9.89. The molecule has 0 spiro atoms. The maximum absolute atomic E-state index is 12.3. The Morgan fingerprint density at radius 1 is 1.47 bits per heavy atom.